The van der Waals surface area contributed by atoms with E-state index in [2.05, 4.69) is 13.0 Å². The Bertz CT molecular complexity index is 572. The van der Waals surface area contributed by atoms with Crippen LogP contribution < -0.4 is 15.2 Å². The van der Waals surface area contributed by atoms with Gasteiger partial charge in [-0.1, -0.05) is 12.1 Å². The highest BCUT2D eigenvalue weighted by Gasteiger charge is 2.03. The van der Waals surface area contributed by atoms with Gasteiger partial charge in [-0.15, -0.1) is 11.8 Å². The minimum atomic E-state index is 0.634. The van der Waals surface area contributed by atoms with Crippen LogP contribution in [0.25, 0.3) is 0 Å². The molecular weight excluding hydrogens is 270 g/mol. The third-order valence-corrected chi connectivity index (χ3v) is 4.01. The van der Waals surface area contributed by atoms with Crippen LogP contribution in [0.2, 0.25) is 0 Å². The molecule has 0 bridgehead atoms. The van der Waals surface area contributed by atoms with Crippen LogP contribution in [0.1, 0.15) is 5.56 Å². The largest absolute Gasteiger partial charge is 0.493 e. The van der Waals surface area contributed by atoms with Gasteiger partial charge in [-0.05, 0) is 42.8 Å². The lowest BCUT2D eigenvalue weighted by Crippen LogP contribution is -2.01. The molecule has 0 unspecified atom stereocenters. The lowest BCUT2D eigenvalue weighted by atomic mass is 10.2. The predicted octanol–water partition coefficient (Wildman–Crippen LogP) is 3.76. The molecule has 0 aliphatic heterocycles. The molecule has 0 radical (unpaired) electrons. The second kappa shape index (κ2) is 7.10. The maximum Gasteiger partial charge on any atom is 0.161 e. The summed E-state index contributed by atoms with van der Waals surface area (Å²) in [7, 11) is 1.65. The predicted molar refractivity (Wildman–Crippen MR) is 84.8 cm³/mol. The number of methoxy groups -OCH3 is 1. The van der Waals surface area contributed by atoms with E-state index in [1.807, 2.05) is 36.4 Å². The molecule has 0 spiro atoms. The fourth-order valence-electron chi connectivity index (χ4n) is 1.88. The minimum Gasteiger partial charge on any atom is -0.493 e. The summed E-state index contributed by atoms with van der Waals surface area (Å²) in [4.78, 5) is 1.24. The minimum absolute atomic E-state index is 0.634. The number of nitrogens with two attached hydrogens (primary N) is 1. The number of rotatable bonds is 6. The highest BCUT2D eigenvalue weighted by Crippen LogP contribution is 2.27. The van der Waals surface area contributed by atoms with E-state index < -0.39 is 0 Å². The first-order valence-corrected chi connectivity index (χ1v) is 7.44. The molecule has 2 aromatic rings. The van der Waals surface area contributed by atoms with Crippen molar-refractivity contribution >= 4 is 17.4 Å². The molecule has 2 aromatic carbocycles. The average molecular weight is 289 g/mol. The van der Waals surface area contributed by atoms with E-state index in [1.54, 1.807) is 18.9 Å². The zero-order valence-electron chi connectivity index (χ0n) is 11.8. The number of aryl methyl sites for hydroxylation is 1. The lowest BCUT2D eigenvalue weighted by molar-refractivity contribution is 0.313. The van der Waals surface area contributed by atoms with Crippen molar-refractivity contribution in [2.75, 3.05) is 25.2 Å². The molecule has 0 atom stereocenters. The van der Waals surface area contributed by atoms with Crippen LogP contribution in [0, 0.1) is 6.92 Å². The van der Waals surface area contributed by atoms with E-state index >= 15 is 0 Å². The molecule has 2 rings (SSSR count). The Morgan fingerprint density at radius 3 is 2.55 bits per heavy atom. The van der Waals surface area contributed by atoms with Crippen LogP contribution in [-0.4, -0.2) is 19.5 Å². The van der Waals surface area contributed by atoms with Crippen molar-refractivity contribution in [2.45, 2.75) is 11.8 Å². The zero-order chi connectivity index (χ0) is 14.4. The van der Waals surface area contributed by atoms with Crippen molar-refractivity contribution < 1.29 is 9.47 Å². The fourth-order valence-corrected chi connectivity index (χ4v) is 2.71. The maximum atomic E-state index is 5.74. The summed E-state index contributed by atoms with van der Waals surface area (Å²) in [5.41, 5.74) is 7.75. The summed E-state index contributed by atoms with van der Waals surface area (Å²) in [6.45, 7) is 2.70. The van der Waals surface area contributed by atoms with Crippen molar-refractivity contribution in [3.8, 4) is 11.5 Å². The number of nitrogen functional groups attached to an aromatic ring is 1. The van der Waals surface area contributed by atoms with E-state index in [4.69, 9.17) is 15.2 Å². The molecule has 0 saturated heterocycles. The molecule has 0 fully saturated rings. The molecular formula is C16H19NO2S. The van der Waals surface area contributed by atoms with E-state index in [0.29, 0.717) is 6.61 Å². The summed E-state index contributed by atoms with van der Waals surface area (Å²) < 4.78 is 11.0. The monoisotopic (exact) mass is 289 g/mol. The Kier molecular flexibility index (Phi) is 5.18. The van der Waals surface area contributed by atoms with Gasteiger partial charge in [-0.3, -0.25) is 0 Å². The Balaban J connectivity index is 1.84. The first-order valence-electron chi connectivity index (χ1n) is 6.45. The standard InChI is InChI=1S/C16H19NO2S/c1-12-11-13(17)7-8-16(12)20-10-9-19-15-6-4-3-5-14(15)18-2/h3-8,11H,9-10,17H2,1-2H3. The first-order chi connectivity index (χ1) is 9.70. The summed E-state index contributed by atoms with van der Waals surface area (Å²) in [6.07, 6.45) is 0. The summed E-state index contributed by atoms with van der Waals surface area (Å²) >= 11 is 1.77. The molecule has 0 heterocycles. The molecule has 0 amide bonds. The zero-order valence-corrected chi connectivity index (χ0v) is 12.6. The second-order valence-electron chi connectivity index (χ2n) is 4.37. The van der Waals surface area contributed by atoms with Crippen LogP contribution in [0.5, 0.6) is 11.5 Å². The van der Waals surface area contributed by atoms with Crippen molar-refractivity contribution in [3.63, 3.8) is 0 Å². The number of hydrogen-bond acceptors (Lipinski definition) is 4. The van der Waals surface area contributed by atoms with Crippen LogP contribution in [0.3, 0.4) is 0 Å². The van der Waals surface area contributed by atoms with Crippen LogP contribution >= 0.6 is 11.8 Å². The van der Waals surface area contributed by atoms with Crippen molar-refractivity contribution in [1.82, 2.24) is 0 Å². The second-order valence-corrected chi connectivity index (χ2v) is 5.51. The van der Waals surface area contributed by atoms with Gasteiger partial charge < -0.3 is 15.2 Å². The van der Waals surface area contributed by atoms with Gasteiger partial charge in [-0.25, -0.2) is 0 Å². The quantitative estimate of drug-likeness (QED) is 0.499. The Morgan fingerprint density at radius 1 is 1.10 bits per heavy atom. The number of ether oxygens (including phenoxy) is 2. The molecule has 4 heteroatoms. The fraction of sp³-hybridized carbons (Fsp3) is 0.250. The first kappa shape index (κ1) is 14.6. The average Bonchev–Trinajstić information content (AvgIpc) is 2.46. The van der Waals surface area contributed by atoms with E-state index in [1.165, 1.54) is 10.5 Å². The normalized spacial score (nSPS) is 10.3. The van der Waals surface area contributed by atoms with Crippen molar-refractivity contribution in [2.24, 2.45) is 0 Å². The topological polar surface area (TPSA) is 44.5 Å². The van der Waals surface area contributed by atoms with Crippen molar-refractivity contribution in [3.05, 3.63) is 48.0 Å². The third kappa shape index (κ3) is 3.84. The van der Waals surface area contributed by atoms with E-state index in [-0.39, 0.29) is 0 Å². The van der Waals surface area contributed by atoms with Crippen LogP contribution in [0.15, 0.2) is 47.4 Å². The number of para-hydroxylation sites is 2. The molecule has 0 saturated carbocycles. The Hall–Kier alpha value is -1.81. The number of thioether (sulfide) groups is 1. The highest BCUT2D eigenvalue weighted by molar-refractivity contribution is 7.99. The molecule has 3 nitrogen and oxygen atoms in total. The van der Waals surface area contributed by atoms with E-state index in [0.717, 1.165) is 22.9 Å². The Labute approximate surface area is 124 Å². The van der Waals surface area contributed by atoms with Crippen LogP contribution in [-0.2, 0) is 0 Å². The van der Waals surface area contributed by atoms with E-state index in [9.17, 15) is 0 Å². The summed E-state index contributed by atoms with van der Waals surface area (Å²) in [5, 5.41) is 0. The van der Waals surface area contributed by atoms with Crippen molar-refractivity contribution in [1.29, 1.82) is 0 Å². The van der Waals surface area contributed by atoms with Gasteiger partial charge in [-0.2, -0.15) is 0 Å². The number of benzene rings is 2. The van der Waals surface area contributed by atoms with Gasteiger partial charge in [0, 0.05) is 16.3 Å². The molecule has 2 N–H and O–H groups in total. The van der Waals surface area contributed by atoms with Gasteiger partial charge in [0.15, 0.2) is 11.5 Å². The third-order valence-electron chi connectivity index (χ3n) is 2.87. The summed E-state index contributed by atoms with van der Waals surface area (Å²) in [5.74, 6) is 2.42. The maximum absolute atomic E-state index is 5.74. The molecule has 106 valence electrons. The van der Waals surface area contributed by atoms with Crippen LogP contribution in [0.4, 0.5) is 5.69 Å². The molecule has 0 aromatic heterocycles. The SMILES string of the molecule is COc1ccccc1OCCSc1ccc(N)cc1C. The molecule has 0 aliphatic carbocycles. The smallest absolute Gasteiger partial charge is 0.161 e. The number of anilines is 1. The molecule has 20 heavy (non-hydrogen) atoms. The van der Waals surface area contributed by atoms with Gasteiger partial charge in [0.1, 0.15) is 0 Å². The van der Waals surface area contributed by atoms with Gasteiger partial charge in [0.25, 0.3) is 0 Å². The molecule has 0 aliphatic rings. The summed E-state index contributed by atoms with van der Waals surface area (Å²) in [6, 6.07) is 13.6. The van der Waals surface area contributed by atoms with Gasteiger partial charge in [0.2, 0.25) is 0 Å². The number of hydrogen-bond donors (Lipinski definition) is 1. The van der Waals surface area contributed by atoms with Gasteiger partial charge >= 0.3 is 0 Å². The Morgan fingerprint density at radius 2 is 1.85 bits per heavy atom. The highest BCUT2D eigenvalue weighted by atomic mass is 32.2. The van der Waals surface area contributed by atoms with Gasteiger partial charge in [0.05, 0.1) is 13.7 Å². The lowest BCUT2D eigenvalue weighted by Gasteiger charge is -2.10.